The summed E-state index contributed by atoms with van der Waals surface area (Å²) in [6.45, 7) is 1.91. The molecule has 8 nitrogen and oxygen atoms in total. The lowest BCUT2D eigenvalue weighted by molar-refractivity contribution is -0.112. The molecule has 2 aliphatic heterocycles. The van der Waals surface area contributed by atoms with Crippen LogP contribution in [0.5, 0.6) is 0 Å². The molecule has 4 heterocycles. The molecule has 0 bridgehead atoms. The number of primary amides is 1. The topological polar surface area (TPSA) is 134 Å². The fraction of sp³-hybridized carbons (Fsp3) is 0.0556. The second-order valence-electron chi connectivity index (χ2n) is 5.96. The van der Waals surface area contributed by atoms with E-state index in [0.717, 1.165) is 16.2 Å². The van der Waals surface area contributed by atoms with Crippen LogP contribution in [0.25, 0.3) is 4.91 Å². The summed E-state index contributed by atoms with van der Waals surface area (Å²) in [7, 11) is 0. The number of aryl methyl sites for hydroxylation is 1. The quantitative estimate of drug-likeness (QED) is 0.588. The van der Waals surface area contributed by atoms with Crippen molar-refractivity contribution in [1.29, 1.82) is 5.41 Å². The van der Waals surface area contributed by atoms with Crippen LogP contribution in [0.15, 0.2) is 47.4 Å². The number of carbonyl (C=O) groups is 2. The van der Waals surface area contributed by atoms with E-state index in [1.807, 2.05) is 19.1 Å². The first-order valence-electron chi connectivity index (χ1n) is 7.96. The minimum Gasteiger partial charge on any atom is -0.366 e. The lowest BCUT2D eigenvalue weighted by atomic mass is 10.0. The molecule has 0 fully saturated rings. The molecule has 2 aromatic rings. The van der Waals surface area contributed by atoms with E-state index in [1.54, 1.807) is 12.4 Å². The zero-order valence-electron chi connectivity index (χ0n) is 14.2. The van der Waals surface area contributed by atoms with Crippen molar-refractivity contribution >= 4 is 39.9 Å². The van der Waals surface area contributed by atoms with Gasteiger partial charge in [-0.15, -0.1) is 0 Å². The molecule has 0 spiro atoms. The van der Waals surface area contributed by atoms with Crippen molar-refractivity contribution in [2.24, 2.45) is 5.73 Å². The Hall–Kier alpha value is -3.46. The van der Waals surface area contributed by atoms with Crippen LogP contribution in [0.2, 0.25) is 0 Å². The summed E-state index contributed by atoms with van der Waals surface area (Å²) in [4.78, 5) is 33.2. The average molecular weight is 378 g/mol. The van der Waals surface area contributed by atoms with Crippen LogP contribution in [0.1, 0.15) is 27.3 Å². The summed E-state index contributed by atoms with van der Waals surface area (Å²) >= 11 is 1.35. The standard InChI is InChI=1S/C18H14N6O2S/c1-8-2-3-9(5-21-8)12-7-23-18(27-12)13-14(19)15-11(24-17(13)26)4-10(6-22-15)16(20)25/h2-7,19,23H,1H3,(H2,20,25)(H,24,26)/b18-13-,19-14?. The molecule has 0 unspecified atom stereocenters. The Labute approximate surface area is 158 Å². The predicted octanol–water partition coefficient (Wildman–Crippen LogP) is 1.75. The van der Waals surface area contributed by atoms with E-state index in [2.05, 4.69) is 20.6 Å². The van der Waals surface area contributed by atoms with E-state index in [0.29, 0.717) is 10.7 Å². The molecule has 0 aromatic carbocycles. The number of nitrogens with one attached hydrogen (secondary N) is 3. The smallest absolute Gasteiger partial charge is 0.260 e. The number of nitrogens with two attached hydrogens (primary N) is 1. The third-order valence-electron chi connectivity index (χ3n) is 4.10. The van der Waals surface area contributed by atoms with Crippen LogP contribution in [0.4, 0.5) is 5.69 Å². The first-order valence-corrected chi connectivity index (χ1v) is 8.78. The molecule has 0 atom stereocenters. The summed E-state index contributed by atoms with van der Waals surface area (Å²) in [6.07, 6.45) is 4.84. The number of fused-ring (bicyclic) bond motifs is 1. The zero-order valence-corrected chi connectivity index (χ0v) is 15.0. The molecule has 2 aliphatic rings. The maximum atomic E-state index is 12.6. The van der Waals surface area contributed by atoms with Crippen molar-refractivity contribution in [2.45, 2.75) is 6.92 Å². The van der Waals surface area contributed by atoms with Gasteiger partial charge in [-0.1, -0.05) is 17.8 Å². The number of hydrogen-bond donors (Lipinski definition) is 4. The number of carbonyl (C=O) groups excluding carboxylic acids is 2. The molecule has 0 radical (unpaired) electrons. The summed E-state index contributed by atoms with van der Waals surface area (Å²) < 4.78 is 0. The average Bonchev–Trinajstić information content (AvgIpc) is 3.11. The number of thioether (sulfide) groups is 1. The third-order valence-corrected chi connectivity index (χ3v) is 5.20. The molecule has 9 heteroatoms. The van der Waals surface area contributed by atoms with E-state index in [1.165, 1.54) is 24.0 Å². The Bertz CT molecular complexity index is 1070. The van der Waals surface area contributed by atoms with Gasteiger partial charge in [-0.2, -0.15) is 0 Å². The van der Waals surface area contributed by atoms with Gasteiger partial charge >= 0.3 is 0 Å². The lowest BCUT2D eigenvalue weighted by Gasteiger charge is -2.21. The van der Waals surface area contributed by atoms with Crippen molar-refractivity contribution in [3.8, 4) is 0 Å². The Morgan fingerprint density at radius 1 is 1.26 bits per heavy atom. The number of amides is 2. The van der Waals surface area contributed by atoms with Crippen molar-refractivity contribution in [3.05, 3.63) is 69.9 Å². The van der Waals surface area contributed by atoms with E-state index in [9.17, 15) is 9.59 Å². The summed E-state index contributed by atoms with van der Waals surface area (Å²) in [5, 5.41) is 14.7. The van der Waals surface area contributed by atoms with Gasteiger partial charge in [0.05, 0.1) is 27.6 Å². The summed E-state index contributed by atoms with van der Waals surface area (Å²) in [5.74, 6) is -1.09. The highest BCUT2D eigenvalue weighted by atomic mass is 32.2. The fourth-order valence-corrected chi connectivity index (χ4v) is 3.70. The van der Waals surface area contributed by atoms with Crippen molar-refractivity contribution in [2.75, 3.05) is 5.32 Å². The number of pyridine rings is 2. The van der Waals surface area contributed by atoms with Crippen LogP contribution in [-0.2, 0) is 4.79 Å². The van der Waals surface area contributed by atoms with Gasteiger partial charge in [-0.05, 0) is 19.1 Å². The van der Waals surface area contributed by atoms with Gasteiger partial charge < -0.3 is 16.4 Å². The van der Waals surface area contributed by atoms with Gasteiger partial charge in [0.1, 0.15) is 5.69 Å². The largest absolute Gasteiger partial charge is 0.366 e. The Balaban J connectivity index is 1.67. The molecule has 0 aliphatic carbocycles. The molecule has 2 amide bonds. The van der Waals surface area contributed by atoms with Gasteiger partial charge in [0.2, 0.25) is 5.91 Å². The molecule has 0 saturated carbocycles. The van der Waals surface area contributed by atoms with Gasteiger partial charge in [0, 0.05) is 34.8 Å². The van der Waals surface area contributed by atoms with Crippen LogP contribution in [-0.4, -0.2) is 27.5 Å². The Kier molecular flexibility index (Phi) is 4.00. The highest BCUT2D eigenvalue weighted by molar-refractivity contribution is 8.12. The second-order valence-corrected chi connectivity index (χ2v) is 7.01. The molecule has 2 aromatic heterocycles. The van der Waals surface area contributed by atoms with Crippen LogP contribution >= 0.6 is 11.8 Å². The molecule has 134 valence electrons. The van der Waals surface area contributed by atoms with E-state index >= 15 is 0 Å². The van der Waals surface area contributed by atoms with Crippen molar-refractivity contribution in [3.63, 3.8) is 0 Å². The first kappa shape index (κ1) is 17.0. The minimum atomic E-state index is -0.649. The number of hydrogen-bond acceptors (Lipinski definition) is 7. The van der Waals surface area contributed by atoms with Gasteiger partial charge in [0.15, 0.2) is 0 Å². The molecule has 5 N–H and O–H groups in total. The second kappa shape index (κ2) is 6.36. The van der Waals surface area contributed by atoms with Crippen molar-refractivity contribution in [1.82, 2.24) is 15.3 Å². The minimum absolute atomic E-state index is 0.0172. The van der Waals surface area contributed by atoms with E-state index in [-0.39, 0.29) is 22.5 Å². The molecule has 0 saturated heterocycles. The SMILES string of the molecule is Cc1ccc(C2=CN/C(=C3\C(=N)c4ncc(C(N)=O)cc4NC3=O)S2)cn1. The normalized spacial score (nSPS) is 18.5. The molecular weight excluding hydrogens is 364 g/mol. The summed E-state index contributed by atoms with van der Waals surface area (Å²) in [5.41, 5.74) is 8.00. The van der Waals surface area contributed by atoms with Gasteiger partial charge in [0.25, 0.3) is 5.91 Å². The van der Waals surface area contributed by atoms with Gasteiger partial charge in [-0.25, -0.2) is 0 Å². The zero-order chi connectivity index (χ0) is 19.1. The maximum absolute atomic E-state index is 12.6. The monoisotopic (exact) mass is 378 g/mol. The van der Waals surface area contributed by atoms with E-state index < -0.39 is 11.8 Å². The van der Waals surface area contributed by atoms with Crippen LogP contribution in [0.3, 0.4) is 0 Å². The number of rotatable bonds is 2. The van der Waals surface area contributed by atoms with Gasteiger partial charge in [-0.3, -0.25) is 25.0 Å². The highest BCUT2D eigenvalue weighted by Gasteiger charge is 2.32. The molecule has 27 heavy (non-hydrogen) atoms. The fourth-order valence-electron chi connectivity index (χ4n) is 2.71. The number of nitrogens with zero attached hydrogens (tertiary/aromatic N) is 2. The third kappa shape index (κ3) is 2.97. The predicted molar refractivity (Wildman–Crippen MR) is 103 cm³/mol. The van der Waals surface area contributed by atoms with Crippen LogP contribution in [0, 0.1) is 12.3 Å². The lowest BCUT2D eigenvalue weighted by Crippen LogP contribution is -2.31. The molecule has 4 rings (SSSR count). The summed E-state index contributed by atoms with van der Waals surface area (Å²) in [6, 6.07) is 5.29. The van der Waals surface area contributed by atoms with Crippen molar-refractivity contribution < 1.29 is 9.59 Å². The van der Waals surface area contributed by atoms with Crippen LogP contribution < -0.4 is 16.4 Å². The first-order chi connectivity index (χ1) is 12.9. The number of aromatic nitrogens is 2. The van der Waals surface area contributed by atoms with E-state index in [4.69, 9.17) is 11.1 Å². The maximum Gasteiger partial charge on any atom is 0.260 e. The molecular formula is C18H14N6O2S. The number of anilines is 1. The highest BCUT2D eigenvalue weighted by Crippen LogP contribution is 2.39. The Morgan fingerprint density at radius 3 is 2.78 bits per heavy atom. The Morgan fingerprint density at radius 2 is 2.07 bits per heavy atom.